The van der Waals surface area contributed by atoms with Gasteiger partial charge in [-0.15, -0.1) is 10.2 Å². The van der Waals surface area contributed by atoms with Crippen LogP contribution in [0.4, 0.5) is 5.95 Å². The molecule has 0 aliphatic heterocycles. The van der Waals surface area contributed by atoms with Crippen LogP contribution in [0.5, 0.6) is 0 Å². The molecule has 2 aromatic rings. The van der Waals surface area contributed by atoms with Gasteiger partial charge in [0, 0.05) is 12.4 Å². The largest absolute Gasteiger partial charge is 0.344 e. The molecule has 0 radical (unpaired) electrons. The predicted molar refractivity (Wildman–Crippen MR) is 66.6 cm³/mol. The van der Waals surface area contributed by atoms with E-state index in [1.54, 1.807) is 18.5 Å². The number of hydrogen-bond donors (Lipinski definition) is 2. The molecule has 96 valence electrons. The third-order valence-corrected chi connectivity index (χ3v) is 2.58. The van der Waals surface area contributed by atoms with Gasteiger partial charge in [-0.05, 0) is 24.8 Å². The minimum atomic E-state index is -0.0199. The smallest absolute Gasteiger partial charge is 0.223 e. The lowest BCUT2D eigenvalue weighted by Gasteiger charge is -2.16. The van der Waals surface area contributed by atoms with E-state index in [1.165, 1.54) is 0 Å². The average Bonchev–Trinajstić information content (AvgIpc) is 2.89. The van der Waals surface area contributed by atoms with Gasteiger partial charge in [0.15, 0.2) is 5.82 Å². The van der Waals surface area contributed by atoms with E-state index in [2.05, 4.69) is 49.8 Å². The molecule has 1 unspecified atom stereocenters. The molecule has 2 aromatic heterocycles. The minimum absolute atomic E-state index is 0.0199. The summed E-state index contributed by atoms with van der Waals surface area (Å²) in [5.41, 5.74) is 0. The zero-order valence-electron chi connectivity index (χ0n) is 10.5. The lowest BCUT2D eigenvalue weighted by molar-refractivity contribution is 0.509. The summed E-state index contributed by atoms with van der Waals surface area (Å²) in [5.74, 6) is 1.84. The summed E-state index contributed by atoms with van der Waals surface area (Å²) in [5, 5.41) is 17.3. The second-order valence-corrected chi connectivity index (χ2v) is 4.51. The maximum absolute atomic E-state index is 4.15. The summed E-state index contributed by atoms with van der Waals surface area (Å²) >= 11 is 0. The van der Waals surface area contributed by atoms with E-state index in [-0.39, 0.29) is 6.04 Å². The van der Waals surface area contributed by atoms with E-state index in [0.29, 0.717) is 17.7 Å². The van der Waals surface area contributed by atoms with E-state index in [0.717, 1.165) is 12.8 Å². The van der Waals surface area contributed by atoms with E-state index in [4.69, 9.17) is 0 Å². The van der Waals surface area contributed by atoms with Crippen molar-refractivity contribution < 1.29 is 0 Å². The fourth-order valence-electron chi connectivity index (χ4n) is 1.61. The van der Waals surface area contributed by atoms with Crippen LogP contribution in [0.3, 0.4) is 0 Å². The number of nitrogens with one attached hydrogen (secondary N) is 2. The van der Waals surface area contributed by atoms with E-state index < -0.39 is 0 Å². The van der Waals surface area contributed by atoms with Gasteiger partial charge in [0.05, 0.1) is 6.04 Å². The van der Waals surface area contributed by atoms with Gasteiger partial charge in [0.25, 0.3) is 0 Å². The maximum Gasteiger partial charge on any atom is 0.223 e. The van der Waals surface area contributed by atoms with Crippen LogP contribution in [0.15, 0.2) is 18.5 Å². The van der Waals surface area contributed by atoms with Crippen LogP contribution < -0.4 is 5.32 Å². The van der Waals surface area contributed by atoms with Gasteiger partial charge in [-0.25, -0.2) is 9.97 Å². The van der Waals surface area contributed by atoms with Gasteiger partial charge in [-0.1, -0.05) is 19.1 Å². The van der Waals surface area contributed by atoms with Crippen molar-refractivity contribution in [2.45, 2.75) is 32.7 Å². The Labute approximate surface area is 105 Å². The standard InChI is InChI=1S/C11H17N7/c1-8(2)4-5-9(10-15-17-18-16-10)14-11-12-6-3-7-13-11/h3,6-9H,4-5H2,1-2H3,(H,12,13,14)(H,15,16,17,18). The van der Waals surface area contributed by atoms with E-state index in [1.807, 2.05) is 0 Å². The normalized spacial score (nSPS) is 12.6. The molecule has 0 bridgehead atoms. The second kappa shape index (κ2) is 6.04. The Kier molecular flexibility index (Phi) is 4.16. The number of anilines is 1. The molecule has 0 aliphatic carbocycles. The first kappa shape index (κ1) is 12.4. The molecule has 0 saturated carbocycles. The number of rotatable bonds is 6. The topological polar surface area (TPSA) is 92.3 Å². The van der Waals surface area contributed by atoms with Crippen LogP contribution in [0.1, 0.15) is 38.6 Å². The summed E-state index contributed by atoms with van der Waals surface area (Å²) in [4.78, 5) is 8.29. The van der Waals surface area contributed by atoms with Crippen molar-refractivity contribution in [2.24, 2.45) is 5.92 Å². The van der Waals surface area contributed by atoms with Crippen molar-refractivity contribution in [3.8, 4) is 0 Å². The van der Waals surface area contributed by atoms with Crippen molar-refractivity contribution in [1.82, 2.24) is 30.6 Å². The highest BCUT2D eigenvalue weighted by atomic mass is 15.5. The molecule has 7 heteroatoms. The molecule has 18 heavy (non-hydrogen) atoms. The predicted octanol–water partition coefficient (Wildman–Crippen LogP) is 1.58. The van der Waals surface area contributed by atoms with Crippen LogP contribution in [-0.2, 0) is 0 Å². The van der Waals surface area contributed by atoms with Crippen LogP contribution in [0, 0.1) is 5.92 Å². The first-order valence-electron chi connectivity index (χ1n) is 6.02. The lowest BCUT2D eigenvalue weighted by atomic mass is 10.0. The first-order chi connectivity index (χ1) is 8.75. The zero-order valence-corrected chi connectivity index (χ0v) is 10.5. The Hall–Kier alpha value is -2.05. The Bertz CT molecular complexity index is 440. The highest BCUT2D eigenvalue weighted by molar-refractivity contribution is 5.25. The molecule has 0 spiro atoms. The van der Waals surface area contributed by atoms with Crippen LogP contribution in [0.2, 0.25) is 0 Å². The van der Waals surface area contributed by atoms with Crippen molar-refractivity contribution in [3.63, 3.8) is 0 Å². The number of tetrazole rings is 1. The molecule has 0 aliphatic rings. The van der Waals surface area contributed by atoms with Crippen molar-refractivity contribution in [1.29, 1.82) is 0 Å². The molecule has 1 atom stereocenters. The number of aromatic amines is 1. The van der Waals surface area contributed by atoms with Gasteiger partial charge in [0.2, 0.25) is 5.95 Å². The second-order valence-electron chi connectivity index (χ2n) is 4.51. The van der Waals surface area contributed by atoms with Crippen molar-refractivity contribution >= 4 is 5.95 Å². The Balaban J connectivity index is 2.05. The number of H-pyrrole nitrogens is 1. The van der Waals surface area contributed by atoms with E-state index >= 15 is 0 Å². The van der Waals surface area contributed by atoms with Crippen LogP contribution >= 0.6 is 0 Å². The molecule has 0 fully saturated rings. The summed E-state index contributed by atoms with van der Waals surface area (Å²) in [6, 6.07) is 1.76. The van der Waals surface area contributed by atoms with E-state index in [9.17, 15) is 0 Å². The summed E-state index contributed by atoms with van der Waals surface area (Å²) < 4.78 is 0. The highest BCUT2D eigenvalue weighted by Gasteiger charge is 2.17. The lowest BCUT2D eigenvalue weighted by Crippen LogP contribution is -2.15. The fraction of sp³-hybridized carbons (Fsp3) is 0.545. The monoisotopic (exact) mass is 247 g/mol. The number of nitrogens with zero attached hydrogens (tertiary/aromatic N) is 5. The zero-order chi connectivity index (χ0) is 12.8. The van der Waals surface area contributed by atoms with Gasteiger partial charge >= 0.3 is 0 Å². The van der Waals surface area contributed by atoms with Gasteiger partial charge in [0.1, 0.15) is 0 Å². The van der Waals surface area contributed by atoms with Crippen molar-refractivity contribution in [2.75, 3.05) is 5.32 Å². The molecule has 0 saturated heterocycles. The highest BCUT2D eigenvalue weighted by Crippen LogP contribution is 2.20. The fourth-order valence-corrected chi connectivity index (χ4v) is 1.61. The molecule has 7 nitrogen and oxygen atoms in total. The molecule has 0 amide bonds. The molecular formula is C11H17N7. The number of hydrogen-bond acceptors (Lipinski definition) is 6. The molecule has 2 heterocycles. The molecule has 2 rings (SSSR count). The Morgan fingerprint density at radius 3 is 2.61 bits per heavy atom. The minimum Gasteiger partial charge on any atom is -0.344 e. The van der Waals surface area contributed by atoms with Crippen LogP contribution in [0.25, 0.3) is 0 Å². The number of aromatic nitrogens is 6. The van der Waals surface area contributed by atoms with Crippen molar-refractivity contribution in [3.05, 3.63) is 24.3 Å². The maximum atomic E-state index is 4.15. The summed E-state index contributed by atoms with van der Waals surface area (Å²) in [6.45, 7) is 4.37. The van der Waals surface area contributed by atoms with Gasteiger partial charge in [-0.3, -0.25) is 0 Å². The Morgan fingerprint density at radius 1 is 1.22 bits per heavy atom. The summed E-state index contributed by atoms with van der Waals surface area (Å²) in [6.07, 6.45) is 5.38. The third kappa shape index (κ3) is 3.47. The first-order valence-corrected chi connectivity index (χ1v) is 6.02. The average molecular weight is 247 g/mol. The summed E-state index contributed by atoms with van der Waals surface area (Å²) in [7, 11) is 0. The SMILES string of the molecule is CC(C)CCC(Nc1ncccn1)c1nn[nH]n1. The third-order valence-electron chi connectivity index (χ3n) is 2.58. The quantitative estimate of drug-likeness (QED) is 0.805. The molecular weight excluding hydrogens is 230 g/mol. The molecule has 0 aromatic carbocycles. The molecule has 2 N–H and O–H groups in total. The van der Waals surface area contributed by atoms with Crippen LogP contribution in [-0.4, -0.2) is 30.6 Å². The Morgan fingerprint density at radius 2 is 2.00 bits per heavy atom. The van der Waals surface area contributed by atoms with Gasteiger partial charge < -0.3 is 5.32 Å². The van der Waals surface area contributed by atoms with Gasteiger partial charge in [-0.2, -0.15) is 5.21 Å².